The molecule has 0 aliphatic carbocycles. The summed E-state index contributed by atoms with van der Waals surface area (Å²) in [4.78, 5) is 37.0. The van der Waals surface area contributed by atoms with Crippen molar-refractivity contribution >= 4 is 23.2 Å². The monoisotopic (exact) mass is 374 g/mol. The minimum atomic E-state index is -0.847. The Bertz CT molecular complexity index is 1090. The van der Waals surface area contributed by atoms with Crippen LogP contribution in [0.3, 0.4) is 0 Å². The highest BCUT2D eigenvalue weighted by Gasteiger charge is 2.19. The van der Waals surface area contributed by atoms with Gasteiger partial charge in [0.25, 0.3) is 11.5 Å². The first-order chi connectivity index (χ1) is 12.4. The lowest BCUT2D eigenvalue weighted by Crippen LogP contribution is -2.43. The van der Waals surface area contributed by atoms with Crippen LogP contribution in [-0.2, 0) is 7.05 Å². The maximum Gasteiger partial charge on any atom is 0.351 e. The molecule has 1 amide bonds. The maximum atomic E-state index is 13.0. The average molecular weight is 375 g/mol. The second kappa shape index (κ2) is 6.93. The van der Waals surface area contributed by atoms with Gasteiger partial charge < -0.3 is 5.32 Å². The molecule has 1 N–H and O–H groups in total. The van der Waals surface area contributed by atoms with Gasteiger partial charge in [0.15, 0.2) is 0 Å². The smallest absolute Gasteiger partial charge is 0.320 e. The number of aromatic nitrogens is 3. The Morgan fingerprint density at radius 3 is 2.31 bits per heavy atom. The number of halogens is 2. The van der Waals surface area contributed by atoms with E-state index < -0.39 is 28.7 Å². The molecule has 0 saturated carbocycles. The van der Waals surface area contributed by atoms with E-state index in [0.29, 0.717) is 10.7 Å². The summed E-state index contributed by atoms with van der Waals surface area (Å²) in [5, 5.41) is 6.79. The van der Waals surface area contributed by atoms with Gasteiger partial charge in [-0.3, -0.25) is 14.2 Å². The second-order valence-electron chi connectivity index (χ2n) is 5.34. The first-order valence-electron chi connectivity index (χ1n) is 7.40. The predicted octanol–water partition coefficient (Wildman–Crippen LogP) is 1.98. The van der Waals surface area contributed by atoms with Crippen molar-refractivity contribution in [3.63, 3.8) is 0 Å². The molecule has 0 spiro atoms. The zero-order chi connectivity index (χ0) is 18.8. The highest BCUT2D eigenvalue weighted by molar-refractivity contribution is 6.30. The molecule has 132 valence electrons. The normalized spacial score (nSPS) is 10.6. The van der Waals surface area contributed by atoms with Crippen LogP contribution in [0.4, 0.5) is 10.1 Å². The molecule has 3 rings (SSSR count). The summed E-state index contributed by atoms with van der Waals surface area (Å²) < 4.78 is 14.7. The molecule has 9 heteroatoms. The summed E-state index contributed by atoms with van der Waals surface area (Å²) in [6.45, 7) is 0. The molecule has 0 unspecified atom stereocenters. The molecule has 26 heavy (non-hydrogen) atoms. The van der Waals surface area contributed by atoms with Crippen molar-refractivity contribution in [1.29, 1.82) is 0 Å². The van der Waals surface area contributed by atoms with E-state index in [1.165, 1.54) is 31.3 Å². The number of carbonyl (C=O) groups is 1. The van der Waals surface area contributed by atoms with E-state index >= 15 is 0 Å². The molecule has 0 aliphatic rings. The molecule has 7 nitrogen and oxygen atoms in total. The lowest BCUT2D eigenvalue weighted by atomic mass is 10.3. The van der Waals surface area contributed by atoms with Crippen LogP contribution in [-0.4, -0.2) is 20.3 Å². The number of hydrogen-bond donors (Lipinski definition) is 1. The summed E-state index contributed by atoms with van der Waals surface area (Å²) in [5.41, 5.74) is -1.42. The van der Waals surface area contributed by atoms with Crippen molar-refractivity contribution in [2.45, 2.75) is 0 Å². The van der Waals surface area contributed by atoms with Gasteiger partial charge in [-0.2, -0.15) is 9.78 Å². The fraction of sp³-hybridized carbons (Fsp3) is 0.0588. The van der Waals surface area contributed by atoms with E-state index in [0.717, 1.165) is 21.4 Å². The Kier molecular flexibility index (Phi) is 4.68. The summed E-state index contributed by atoms with van der Waals surface area (Å²) in [5.74, 6) is -1.28. The number of nitrogens with one attached hydrogen (secondary N) is 1. The number of rotatable bonds is 3. The fourth-order valence-corrected chi connectivity index (χ4v) is 2.32. The summed E-state index contributed by atoms with van der Waals surface area (Å²) >= 11 is 5.82. The first-order valence-corrected chi connectivity index (χ1v) is 7.78. The van der Waals surface area contributed by atoms with Crippen LogP contribution in [0.5, 0.6) is 0 Å². The molecule has 0 aliphatic heterocycles. The SMILES string of the molecule is Cn1c(=O)c(C(=O)Nc2ccc(F)cc2)nn(-c2ccc(Cl)cc2)c1=O. The van der Waals surface area contributed by atoms with Crippen LogP contribution in [0.25, 0.3) is 5.69 Å². The molecule has 0 bridgehead atoms. The Labute approximate surface area is 151 Å². The molecule has 1 heterocycles. The van der Waals surface area contributed by atoms with Crippen LogP contribution >= 0.6 is 11.6 Å². The minimum absolute atomic E-state index is 0.282. The third-order valence-electron chi connectivity index (χ3n) is 3.56. The lowest BCUT2D eigenvalue weighted by Gasteiger charge is -2.10. The molecule has 0 atom stereocenters. The average Bonchev–Trinajstić information content (AvgIpc) is 2.63. The molecule has 0 saturated heterocycles. The highest BCUT2D eigenvalue weighted by atomic mass is 35.5. The third kappa shape index (κ3) is 3.40. The number of hydrogen-bond acceptors (Lipinski definition) is 4. The highest BCUT2D eigenvalue weighted by Crippen LogP contribution is 2.12. The van der Waals surface area contributed by atoms with E-state index in [1.807, 2.05) is 0 Å². The van der Waals surface area contributed by atoms with Gasteiger partial charge in [0.1, 0.15) is 5.82 Å². The molecular formula is C17H12ClFN4O3. The first kappa shape index (κ1) is 17.6. The van der Waals surface area contributed by atoms with Crippen molar-refractivity contribution in [1.82, 2.24) is 14.3 Å². The van der Waals surface area contributed by atoms with Gasteiger partial charge in [0.2, 0.25) is 5.69 Å². The van der Waals surface area contributed by atoms with Crippen LogP contribution < -0.4 is 16.6 Å². The molecule has 1 aromatic heterocycles. The maximum absolute atomic E-state index is 13.0. The quantitative estimate of drug-likeness (QED) is 0.759. The Morgan fingerprint density at radius 1 is 1.08 bits per heavy atom. The van der Waals surface area contributed by atoms with Gasteiger partial charge in [-0.1, -0.05) is 11.6 Å². The second-order valence-corrected chi connectivity index (χ2v) is 5.78. The number of benzene rings is 2. The largest absolute Gasteiger partial charge is 0.351 e. The zero-order valence-electron chi connectivity index (χ0n) is 13.4. The standard InChI is InChI=1S/C17H12ClFN4O3/c1-22-16(25)14(15(24)20-12-6-4-11(19)5-7-12)21-23(17(22)26)13-8-2-10(18)3-9-13/h2-9H,1H3,(H,20,24). The number of anilines is 1. The van der Waals surface area contributed by atoms with Gasteiger partial charge in [-0.05, 0) is 48.5 Å². The lowest BCUT2D eigenvalue weighted by molar-refractivity contribution is 0.101. The number of carbonyl (C=O) groups excluding carboxylic acids is 1. The van der Waals surface area contributed by atoms with Crippen molar-refractivity contribution in [2.24, 2.45) is 7.05 Å². The fourth-order valence-electron chi connectivity index (χ4n) is 2.19. The number of amides is 1. The van der Waals surface area contributed by atoms with E-state index in [4.69, 9.17) is 11.6 Å². The zero-order valence-corrected chi connectivity index (χ0v) is 14.2. The minimum Gasteiger partial charge on any atom is -0.320 e. The van der Waals surface area contributed by atoms with Gasteiger partial charge >= 0.3 is 5.69 Å². The van der Waals surface area contributed by atoms with E-state index in [9.17, 15) is 18.8 Å². The van der Waals surface area contributed by atoms with Crippen molar-refractivity contribution in [2.75, 3.05) is 5.32 Å². The molecule has 2 aromatic carbocycles. The van der Waals surface area contributed by atoms with Crippen molar-refractivity contribution in [3.8, 4) is 5.69 Å². The molecular weight excluding hydrogens is 363 g/mol. The van der Waals surface area contributed by atoms with E-state index in [-0.39, 0.29) is 5.69 Å². The van der Waals surface area contributed by atoms with Crippen LogP contribution in [0, 0.1) is 5.82 Å². The summed E-state index contributed by atoms with van der Waals surface area (Å²) in [7, 11) is 1.24. The van der Waals surface area contributed by atoms with Crippen LogP contribution in [0.1, 0.15) is 10.5 Å². The van der Waals surface area contributed by atoms with Crippen LogP contribution in [0.15, 0.2) is 58.1 Å². The van der Waals surface area contributed by atoms with Crippen molar-refractivity contribution in [3.05, 3.63) is 85.9 Å². The van der Waals surface area contributed by atoms with Crippen LogP contribution in [0.2, 0.25) is 5.02 Å². The summed E-state index contributed by atoms with van der Waals surface area (Å²) in [6.07, 6.45) is 0. The van der Waals surface area contributed by atoms with Crippen molar-refractivity contribution < 1.29 is 9.18 Å². The number of nitrogens with zero attached hydrogens (tertiary/aromatic N) is 3. The van der Waals surface area contributed by atoms with Gasteiger partial charge in [-0.25, -0.2) is 9.18 Å². The molecule has 0 radical (unpaired) electrons. The topological polar surface area (TPSA) is 86.0 Å². The Balaban J connectivity index is 2.05. The molecule has 0 fully saturated rings. The molecule has 3 aromatic rings. The Morgan fingerprint density at radius 2 is 1.69 bits per heavy atom. The van der Waals surface area contributed by atoms with E-state index in [1.54, 1.807) is 12.1 Å². The van der Waals surface area contributed by atoms with Gasteiger partial charge in [-0.15, -0.1) is 0 Å². The van der Waals surface area contributed by atoms with E-state index in [2.05, 4.69) is 10.4 Å². The van der Waals surface area contributed by atoms with Gasteiger partial charge in [0, 0.05) is 17.8 Å². The van der Waals surface area contributed by atoms with Gasteiger partial charge in [0.05, 0.1) is 5.69 Å². The Hall–Kier alpha value is -3.26. The summed E-state index contributed by atoms with van der Waals surface area (Å²) in [6, 6.07) is 11.2. The third-order valence-corrected chi connectivity index (χ3v) is 3.82. The predicted molar refractivity (Wildman–Crippen MR) is 94.4 cm³/mol.